The first-order valence-corrected chi connectivity index (χ1v) is 5.75. The number of methoxy groups -OCH3 is 1. The number of esters is 1. The first-order chi connectivity index (χ1) is 7.81. The Morgan fingerprint density at radius 2 is 1.94 bits per heavy atom. The molecule has 0 bridgehead atoms. The minimum Gasteiger partial charge on any atom is -0.464 e. The minimum atomic E-state index is -0.405. The number of ether oxygens (including phenoxy) is 1. The molecule has 0 unspecified atom stereocenters. The highest BCUT2D eigenvalue weighted by Gasteiger charge is 2.14. The molecule has 1 aromatic heterocycles. The van der Waals surface area contributed by atoms with Gasteiger partial charge in [0.2, 0.25) is 0 Å². The minimum absolute atomic E-state index is 0.321. The van der Waals surface area contributed by atoms with Crippen molar-refractivity contribution in [3.05, 3.63) is 23.0 Å². The smallest absolute Gasteiger partial charge is 0.358 e. The predicted molar refractivity (Wildman–Crippen MR) is 59.2 cm³/mol. The molecule has 0 aliphatic heterocycles. The summed E-state index contributed by atoms with van der Waals surface area (Å²) in [5, 5.41) is 8.05. The number of hydrogen-bond donors (Lipinski definition) is 0. The predicted octanol–water partition coefficient (Wildman–Crippen LogP) is 1.92. The van der Waals surface area contributed by atoms with Gasteiger partial charge in [0.15, 0.2) is 5.69 Å². The summed E-state index contributed by atoms with van der Waals surface area (Å²) in [5.74, 6) is -0.405. The Hall–Kier alpha value is -1.45. The van der Waals surface area contributed by atoms with Gasteiger partial charge in [-0.2, -0.15) is 5.10 Å². The van der Waals surface area contributed by atoms with E-state index >= 15 is 0 Å². The molecule has 0 saturated carbocycles. The van der Waals surface area contributed by atoms with Gasteiger partial charge in [0.05, 0.1) is 12.8 Å². The van der Waals surface area contributed by atoms with Crippen molar-refractivity contribution in [2.75, 3.05) is 7.11 Å². The van der Waals surface area contributed by atoms with E-state index in [1.165, 1.54) is 32.8 Å². The summed E-state index contributed by atoms with van der Waals surface area (Å²) < 4.78 is 4.64. The lowest BCUT2D eigenvalue weighted by molar-refractivity contribution is 0.0592. The van der Waals surface area contributed by atoms with Crippen LogP contribution < -0.4 is 0 Å². The van der Waals surface area contributed by atoms with E-state index < -0.39 is 5.97 Å². The normalized spacial score (nSPS) is 15.8. The first-order valence-electron chi connectivity index (χ1n) is 5.75. The largest absolute Gasteiger partial charge is 0.464 e. The molecule has 4 heteroatoms. The molecule has 4 nitrogen and oxygen atoms in total. The van der Waals surface area contributed by atoms with Gasteiger partial charge in [-0.1, -0.05) is 12.8 Å². The van der Waals surface area contributed by atoms with E-state index in [1.54, 1.807) is 0 Å². The molecule has 0 spiro atoms. The number of hydrogen-bond acceptors (Lipinski definition) is 4. The fourth-order valence-electron chi connectivity index (χ4n) is 2.05. The molecule has 1 aliphatic carbocycles. The molecule has 0 radical (unpaired) electrons. The van der Waals surface area contributed by atoms with Gasteiger partial charge >= 0.3 is 5.97 Å². The molecule has 0 N–H and O–H groups in total. The number of aryl methyl sites for hydroxylation is 2. The maximum atomic E-state index is 11.3. The second-order valence-electron chi connectivity index (χ2n) is 4.11. The molecule has 0 aromatic carbocycles. The molecule has 0 fully saturated rings. The number of nitrogens with zero attached hydrogens (tertiary/aromatic N) is 2. The quantitative estimate of drug-likeness (QED) is 0.678. The maximum Gasteiger partial charge on any atom is 0.358 e. The van der Waals surface area contributed by atoms with E-state index in [2.05, 4.69) is 14.9 Å². The van der Waals surface area contributed by atoms with Gasteiger partial charge in [0.1, 0.15) is 0 Å². The van der Waals surface area contributed by atoms with Gasteiger partial charge in [0.25, 0.3) is 0 Å². The third kappa shape index (κ3) is 2.38. The Kier molecular flexibility index (Phi) is 3.49. The summed E-state index contributed by atoms with van der Waals surface area (Å²) in [7, 11) is 1.36. The van der Waals surface area contributed by atoms with E-state index in [0.29, 0.717) is 5.69 Å². The lowest BCUT2D eigenvalue weighted by Crippen LogP contribution is -2.11. The highest BCUT2D eigenvalue weighted by Crippen LogP contribution is 2.18. The van der Waals surface area contributed by atoms with E-state index in [9.17, 15) is 4.79 Å². The van der Waals surface area contributed by atoms with Gasteiger partial charge in [0, 0.05) is 0 Å². The fourth-order valence-corrected chi connectivity index (χ4v) is 2.05. The van der Waals surface area contributed by atoms with Crippen molar-refractivity contribution in [2.24, 2.45) is 0 Å². The SMILES string of the molecule is COC(=O)c1cc2c(nn1)CCCCCC2. The van der Waals surface area contributed by atoms with Crippen molar-refractivity contribution < 1.29 is 9.53 Å². The Labute approximate surface area is 95.0 Å². The van der Waals surface area contributed by atoms with Crippen LogP contribution in [0.5, 0.6) is 0 Å². The zero-order valence-corrected chi connectivity index (χ0v) is 9.53. The van der Waals surface area contributed by atoms with Crippen LogP contribution in [0.25, 0.3) is 0 Å². The van der Waals surface area contributed by atoms with Crippen molar-refractivity contribution in [1.29, 1.82) is 0 Å². The van der Waals surface area contributed by atoms with Crippen LogP contribution in [0.15, 0.2) is 6.07 Å². The molecular formula is C12H16N2O2. The van der Waals surface area contributed by atoms with Gasteiger partial charge in [-0.3, -0.25) is 0 Å². The topological polar surface area (TPSA) is 52.1 Å². The van der Waals surface area contributed by atoms with Crippen molar-refractivity contribution in [3.8, 4) is 0 Å². The summed E-state index contributed by atoms with van der Waals surface area (Å²) in [6.07, 6.45) is 6.83. The van der Waals surface area contributed by atoms with Crippen molar-refractivity contribution in [1.82, 2.24) is 10.2 Å². The summed E-state index contributed by atoms with van der Waals surface area (Å²) in [6, 6.07) is 1.83. The molecule has 1 heterocycles. The third-order valence-corrected chi connectivity index (χ3v) is 2.96. The number of carbonyl (C=O) groups excluding carboxylic acids is 1. The van der Waals surface area contributed by atoms with E-state index in [4.69, 9.17) is 0 Å². The van der Waals surface area contributed by atoms with Crippen LogP contribution in [0, 0.1) is 0 Å². The summed E-state index contributed by atoms with van der Waals surface area (Å²) in [5.41, 5.74) is 2.53. The van der Waals surface area contributed by atoms with Crippen LogP contribution >= 0.6 is 0 Å². The molecule has 0 amide bonds. The highest BCUT2D eigenvalue weighted by atomic mass is 16.5. The molecule has 1 aromatic rings. The Morgan fingerprint density at radius 3 is 2.69 bits per heavy atom. The molecular weight excluding hydrogens is 204 g/mol. The van der Waals surface area contributed by atoms with Crippen molar-refractivity contribution >= 4 is 5.97 Å². The van der Waals surface area contributed by atoms with Crippen LogP contribution in [0.3, 0.4) is 0 Å². The Bertz CT molecular complexity index is 391. The number of rotatable bonds is 1. The van der Waals surface area contributed by atoms with Crippen LogP contribution in [0.1, 0.15) is 47.4 Å². The lowest BCUT2D eigenvalue weighted by atomic mass is 9.97. The molecule has 86 valence electrons. The van der Waals surface area contributed by atoms with E-state index in [-0.39, 0.29) is 0 Å². The van der Waals surface area contributed by atoms with Crippen molar-refractivity contribution in [2.45, 2.75) is 38.5 Å². The van der Waals surface area contributed by atoms with Crippen LogP contribution in [0.4, 0.5) is 0 Å². The molecule has 2 rings (SSSR count). The number of fused-ring (bicyclic) bond motifs is 1. The van der Waals surface area contributed by atoms with Crippen LogP contribution in [-0.4, -0.2) is 23.3 Å². The van der Waals surface area contributed by atoms with Crippen LogP contribution in [-0.2, 0) is 17.6 Å². The molecule has 1 aliphatic rings. The second-order valence-corrected chi connectivity index (χ2v) is 4.11. The second kappa shape index (κ2) is 5.05. The van der Waals surface area contributed by atoms with E-state index in [0.717, 1.165) is 24.1 Å². The van der Waals surface area contributed by atoms with Gasteiger partial charge in [-0.15, -0.1) is 5.10 Å². The summed E-state index contributed by atoms with van der Waals surface area (Å²) in [6.45, 7) is 0. The monoisotopic (exact) mass is 220 g/mol. The standard InChI is InChI=1S/C12H16N2O2/c1-16-12(15)11-8-9-6-4-2-3-5-7-10(9)13-14-11/h8H,2-7H2,1H3. The van der Waals surface area contributed by atoms with E-state index in [1.807, 2.05) is 6.07 Å². The molecule has 0 saturated heterocycles. The van der Waals surface area contributed by atoms with Gasteiger partial charge in [-0.05, 0) is 37.3 Å². The third-order valence-electron chi connectivity index (χ3n) is 2.96. The Balaban J connectivity index is 2.28. The lowest BCUT2D eigenvalue weighted by Gasteiger charge is -2.12. The van der Waals surface area contributed by atoms with Gasteiger partial charge < -0.3 is 4.74 Å². The summed E-state index contributed by atoms with van der Waals surface area (Å²) in [4.78, 5) is 11.3. The zero-order chi connectivity index (χ0) is 11.4. The maximum absolute atomic E-state index is 11.3. The molecule has 16 heavy (non-hydrogen) atoms. The van der Waals surface area contributed by atoms with Crippen LogP contribution in [0.2, 0.25) is 0 Å². The average molecular weight is 220 g/mol. The number of carbonyl (C=O) groups is 1. The zero-order valence-electron chi connectivity index (χ0n) is 9.53. The number of aromatic nitrogens is 2. The van der Waals surface area contributed by atoms with Gasteiger partial charge in [-0.25, -0.2) is 4.79 Å². The Morgan fingerprint density at radius 1 is 1.19 bits per heavy atom. The molecule has 0 atom stereocenters. The highest BCUT2D eigenvalue weighted by molar-refractivity contribution is 5.87. The first kappa shape index (κ1) is 11.0. The van der Waals surface area contributed by atoms with Crippen molar-refractivity contribution in [3.63, 3.8) is 0 Å². The average Bonchev–Trinajstić information content (AvgIpc) is 2.28. The fraction of sp³-hybridized carbons (Fsp3) is 0.583. The summed E-state index contributed by atoms with van der Waals surface area (Å²) >= 11 is 0.